The Morgan fingerprint density at radius 2 is 2.32 bits per heavy atom. The minimum atomic E-state index is -0.431. The molecule has 0 fully saturated rings. The van der Waals surface area contributed by atoms with Crippen molar-refractivity contribution in [2.45, 2.75) is 20.4 Å². The highest BCUT2D eigenvalue weighted by Crippen LogP contribution is 2.06. The summed E-state index contributed by atoms with van der Waals surface area (Å²) in [5, 5.41) is 12.0. The molecule has 0 aliphatic rings. The van der Waals surface area contributed by atoms with E-state index in [1.165, 1.54) is 0 Å². The van der Waals surface area contributed by atoms with Crippen molar-refractivity contribution in [3.63, 3.8) is 0 Å². The van der Waals surface area contributed by atoms with Gasteiger partial charge in [0, 0.05) is 25.4 Å². The fraction of sp³-hybridized carbons (Fsp3) is 0.357. The lowest BCUT2D eigenvalue weighted by atomic mass is 10.4. The van der Waals surface area contributed by atoms with E-state index in [0.29, 0.717) is 37.0 Å². The second kappa shape index (κ2) is 7.17. The molecule has 0 saturated heterocycles. The van der Waals surface area contributed by atoms with Gasteiger partial charge in [0.15, 0.2) is 5.69 Å². The Morgan fingerprint density at radius 1 is 1.50 bits per heavy atom. The monoisotopic (exact) mass is 300 g/mol. The van der Waals surface area contributed by atoms with Crippen molar-refractivity contribution in [3.8, 4) is 6.07 Å². The lowest BCUT2D eigenvalue weighted by Crippen LogP contribution is -2.11. The van der Waals surface area contributed by atoms with Crippen LogP contribution in [0.15, 0.2) is 18.6 Å². The Hall–Kier alpha value is -2.95. The molecule has 0 aliphatic heterocycles. The number of nitrogens with one attached hydrogen (secondary N) is 1. The van der Waals surface area contributed by atoms with Crippen LogP contribution in [-0.2, 0) is 11.3 Å². The van der Waals surface area contributed by atoms with E-state index in [1.54, 1.807) is 37.0 Å². The van der Waals surface area contributed by atoms with Gasteiger partial charge in [0.2, 0.25) is 0 Å². The van der Waals surface area contributed by atoms with Gasteiger partial charge in [-0.15, -0.1) is 0 Å². The largest absolute Gasteiger partial charge is 0.461 e. The van der Waals surface area contributed by atoms with Gasteiger partial charge in [0.1, 0.15) is 23.4 Å². The molecule has 2 aromatic rings. The average Bonchev–Trinajstić information content (AvgIpc) is 2.96. The van der Waals surface area contributed by atoms with Crippen molar-refractivity contribution in [2.75, 3.05) is 18.5 Å². The second-order valence-electron chi connectivity index (χ2n) is 4.44. The van der Waals surface area contributed by atoms with Crippen LogP contribution in [-0.4, -0.2) is 38.6 Å². The van der Waals surface area contributed by atoms with E-state index in [1.807, 2.05) is 6.07 Å². The predicted molar refractivity (Wildman–Crippen MR) is 78.2 cm³/mol. The second-order valence-corrected chi connectivity index (χ2v) is 4.44. The molecule has 114 valence electrons. The smallest absolute Gasteiger partial charge is 0.358 e. The van der Waals surface area contributed by atoms with Crippen LogP contribution >= 0.6 is 0 Å². The summed E-state index contributed by atoms with van der Waals surface area (Å²) in [7, 11) is 0. The zero-order valence-corrected chi connectivity index (χ0v) is 12.4. The highest BCUT2D eigenvalue weighted by Gasteiger charge is 2.09. The number of nitrogens with zero attached hydrogens (tertiary/aromatic N) is 5. The molecule has 2 rings (SSSR count). The molecule has 0 unspecified atom stereocenters. The quantitative estimate of drug-likeness (QED) is 0.797. The summed E-state index contributed by atoms with van der Waals surface area (Å²) in [6.45, 7) is 4.96. The van der Waals surface area contributed by atoms with Crippen molar-refractivity contribution in [2.24, 2.45) is 0 Å². The molecule has 1 N–H and O–H groups in total. The standard InChI is InChI=1S/C14H16N6O2/c1-3-22-14(21)12-8-20(9-17-12)5-4-16-13-6-11(7-15)18-10(2)19-13/h6,8-9H,3-5H2,1-2H3,(H,16,18,19). The molecule has 0 saturated carbocycles. The fourth-order valence-electron chi connectivity index (χ4n) is 1.82. The number of anilines is 1. The molecule has 0 radical (unpaired) electrons. The van der Waals surface area contributed by atoms with Crippen LogP contribution in [0.1, 0.15) is 28.9 Å². The summed E-state index contributed by atoms with van der Waals surface area (Å²) < 4.78 is 6.65. The van der Waals surface area contributed by atoms with Gasteiger partial charge in [-0.2, -0.15) is 5.26 Å². The molecule has 0 bridgehead atoms. The summed E-state index contributed by atoms with van der Waals surface area (Å²) in [5.74, 6) is 0.697. The van der Waals surface area contributed by atoms with Crippen molar-refractivity contribution in [1.82, 2.24) is 19.5 Å². The lowest BCUT2D eigenvalue weighted by Gasteiger charge is -2.06. The number of carbonyl (C=O) groups is 1. The summed E-state index contributed by atoms with van der Waals surface area (Å²) in [5.41, 5.74) is 0.605. The fourth-order valence-corrected chi connectivity index (χ4v) is 1.82. The van der Waals surface area contributed by atoms with E-state index in [4.69, 9.17) is 10.00 Å². The van der Waals surface area contributed by atoms with Crippen LogP contribution in [0, 0.1) is 18.3 Å². The van der Waals surface area contributed by atoms with Crippen molar-refractivity contribution >= 4 is 11.8 Å². The van der Waals surface area contributed by atoms with Gasteiger partial charge in [0.25, 0.3) is 0 Å². The van der Waals surface area contributed by atoms with E-state index in [2.05, 4.69) is 20.3 Å². The van der Waals surface area contributed by atoms with Crippen LogP contribution in [0.4, 0.5) is 5.82 Å². The maximum atomic E-state index is 11.5. The molecule has 8 nitrogen and oxygen atoms in total. The first-order valence-electron chi connectivity index (χ1n) is 6.81. The minimum absolute atomic E-state index is 0.284. The number of hydrogen-bond donors (Lipinski definition) is 1. The van der Waals surface area contributed by atoms with Gasteiger partial charge in [-0.3, -0.25) is 0 Å². The van der Waals surface area contributed by atoms with Crippen LogP contribution in [0.3, 0.4) is 0 Å². The Balaban J connectivity index is 1.90. The van der Waals surface area contributed by atoms with Crippen molar-refractivity contribution in [3.05, 3.63) is 35.8 Å². The number of carbonyl (C=O) groups excluding carboxylic acids is 1. The van der Waals surface area contributed by atoms with E-state index in [0.717, 1.165) is 0 Å². The number of nitriles is 1. The number of ether oxygens (including phenoxy) is 1. The topological polar surface area (TPSA) is 106 Å². The van der Waals surface area contributed by atoms with Gasteiger partial charge in [-0.25, -0.2) is 19.7 Å². The van der Waals surface area contributed by atoms with Gasteiger partial charge in [-0.05, 0) is 13.8 Å². The van der Waals surface area contributed by atoms with Crippen molar-refractivity contribution in [1.29, 1.82) is 5.26 Å². The first-order valence-corrected chi connectivity index (χ1v) is 6.81. The first-order chi connectivity index (χ1) is 10.6. The zero-order valence-electron chi connectivity index (χ0n) is 12.4. The zero-order chi connectivity index (χ0) is 15.9. The highest BCUT2D eigenvalue weighted by molar-refractivity contribution is 5.86. The van der Waals surface area contributed by atoms with E-state index < -0.39 is 5.97 Å². The minimum Gasteiger partial charge on any atom is -0.461 e. The summed E-state index contributed by atoms with van der Waals surface area (Å²) in [6, 6.07) is 3.57. The van der Waals surface area contributed by atoms with Crippen LogP contribution in [0.25, 0.3) is 0 Å². The molecule has 22 heavy (non-hydrogen) atoms. The van der Waals surface area contributed by atoms with Gasteiger partial charge < -0.3 is 14.6 Å². The lowest BCUT2D eigenvalue weighted by molar-refractivity contribution is 0.0520. The molecular weight excluding hydrogens is 284 g/mol. The highest BCUT2D eigenvalue weighted by atomic mass is 16.5. The van der Waals surface area contributed by atoms with E-state index >= 15 is 0 Å². The molecule has 2 heterocycles. The summed E-state index contributed by atoms with van der Waals surface area (Å²) >= 11 is 0. The first kappa shape index (κ1) is 15.4. The number of hydrogen-bond acceptors (Lipinski definition) is 7. The molecular formula is C14H16N6O2. The molecule has 8 heteroatoms. The molecule has 0 aliphatic carbocycles. The van der Waals surface area contributed by atoms with Gasteiger partial charge >= 0.3 is 5.97 Å². The Bertz CT molecular complexity index is 704. The van der Waals surface area contributed by atoms with E-state index in [-0.39, 0.29) is 5.69 Å². The molecule has 2 aromatic heterocycles. The predicted octanol–water partition coefficient (Wildman–Crippen LogP) is 1.14. The van der Waals surface area contributed by atoms with Crippen LogP contribution in [0.5, 0.6) is 0 Å². The number of rotatable bonds is 6. The van der Waals surface area contributed by atoms with Crippen LogP contribution in [0.2, 0.25) is 0 Å². The maximum absolute atomic E-state index is 11.5. The Kier molecular flexibility index (Phi) is 5.03. The number of aromatic nitrogens is 4. The van der Waals surface area contributed by atoms with Gasteiger partial charge in [0.05, 0.1) is 12.9 Å². The maximum Gasteiger partial charge on any atom is 0.358 e. The summed E-state index contributed by atoms with van der Waals surface area (Å²) in [6.07, 6.45) is 3.20. The Morgan fingerprint density at radius 3 is 3.05 bits per heavy atom. The van der Waals surface area contributed by atoms with Crippen LogP contribution < -0.4 is 5.32 Å². The third-order valence-corrected chi connectivity index (χ3v) is 2.75. The van der Waals surface area contributed by atoms with Crippen molar-refractivity contribution < 1.29 is 9.53 Å². The molecule has 0 aromatic carbocycles. The number of imidazole rings is 1. The molecule has 0 amide bonds. The Labute approximate surface area is 127 Å². The van der Waals surface area contributed by atoms with Gasteiger partial charge in [-0.1, -0.05) is 0 Å². The molecule has 0 spiro atoms. The SMILES string of the molecule is CCOC(=O)c1cn(CCNc2cc(C#N)nc(C)n2)cn1. The third-order valence-electron chi connectivity index (χ3n) is 2.75. The number of esters is 1. The number of aryl methyl sites for hydroxylation is 1. The third kappa shape index (κ3) is 4.02. The molecule has 0 atom stereocenters. The summed E-state index contributed by atoms with van der Waals surface area (Å²) in [4.78, 5) is 23.7. The average molecular weight is 300 g/mol. The normalized spacial score (nSPS) is 10.0. The van der Waals surface area contributed by atoms with E-state index in [9.17, 15) is 4.79 Å².